The molecule has 4 heteroatoms. The van der Waals surface area contributed by atoms with Crippen LogP contribution in [0.5, 0.6) is 0 Å². The molecule has 4 nitrogen and oxygen atoms in total. The number of amides is 1. The van der Waals surface area contributed by atoms with E-state index >= 15 is 0 Å². The fourth-order valence-corrected chi connectivity index (χ4v) is 1.77. The molecule has 106 valence electrons. The van der Waals surface area contributed by atoms with E-state index < -0.39 is 6.09 Å². The van der Waals surface area contributed by atoms with Crippen molar-refractivity contribution in [3.05, 3.63) is 71.3 Å². The largest absolute Gasteiger partial charge is 0.464 e. The lowest BCUT2D eigenvalue weighted by Gasteiger charge is -1.98. The van der Waals surface area contributed by atoms with Gasteiger partial charge < -0.3 is 5.11 Å². The highest BCUT2D eigenvalue weighted by atomic mass is 16.4. The lowest BCUT2D eigenvalue weighted by Crippen LogP contribution is -2.13. The van der Waals surface area contributed by atoms with Gasteiger partial charge in [0, 0.05) is 12.6 Å². The van der Waals surface area contributed by atoms with Crippen LogP contribution in [0, 0.1) is 0 Å². The smallest absolute Gasteiger partial charge is 0.425 e. The number of nitrogens with zero attached hydrogens (tertiary/aromatic N) is 1. The quantitative estimate of drug-likeness (QED) is 0.499. The van der Waals surface area contributed by atoms with E-state index in [1.54, 1.807) is 0 Å². The van der Waals surface area contributed by atoms with Crippen molar-refractivity contribution in [1.82, 2.24) is 5.43 Å². The average molecular weight is 280 g/mol. The molecule has 0 aliphatic heterocycles. The summed E-state index contributed by atoms with van der Waals surface area (Å²) in [6.45, 7) is 0. The maximum absolute atomic E-state index is 10.2. The van der Waals surface area contributed by atoms with Crippen molar-refractivity contribution in [2.24, 2.45) is 5.10 Å². The van der Waals surface area contributed by atoms with Gasteiger partial charge in [0.15, 0.2) is 0 Å². The van der Waals surface area contributed by atoms with Crippen LogP contribution in [0.3, 0.4) is 0 Å². The second-order valence-electron chi connectivity index (χ2n) is 4.42. The molecular weight excluding hydrogens is 264 g/mol. The standard InChI is InChI=1S/C17H16N2O2/c20-17(21)19-18-13-12-16-10-8-15(9-11-16)7-6-14-4-2-1-3-5-14/h1-11,13,19H,12H2,(H,20,21). The van der Waals surface area contributed by atoms with Gasteiger partial charge in [0.05, 0.1) is 0 Å². The van der Waals surface area contributed by atoms with Crippen molar-refractivity contribution in [2.45, 2.75) is 6.42 Å². The van der Waals surface area contributed by atoms with E-state index in [2.05, 4.69) is 29.4 Å². The van der Waals surface area contributed by atoms with Crippen LogP contribution < -0.4 is 5.43 Å². The molecule has 0 atom stereocenters. The Kier molecular flexibility index (Phi) is 5.29. The summed E-state index contributed by atoms with van der Waals surface area (Å²) in [6, 6.07) is 18.1. The van der Waals surface area contributed by atoms with E-state index in [1.165, 1.54) is 6.21 Å². The van der Waals surface area contributed by atoms with E-state index in [9.17, 15) is 4.79 Å². The van der Waals surface area contributed by atoms with Gasteiger partial charge in [0.25, 0.3) is 0 Å². The molecule has 2 rings (SSSR count). The number of hydrazone groups is 1. The second-order valence-corrected chi connectivity index (χ2v) is 4.42. The summed E-state index contributed by atoms with van der Waals surface area (Å²) in [5.74, 6) is 0. The SMILES string of the molecule is O=C(O)NN=CCc1ccc(C=Cc2ccccc2)cc1. The minimum Gasteiger partial charge on any atom is -0.464 e. The Morgan fingerprint density at radius 3 is 2.24 bits per heavy atom. The van der Waals surface area contributed by atoms with E-state index in [0.717, 1.165) is 16.7 Å². The van der Waals surface area contributed by atoms with Crippen molar-refractivity contribution in [3.63, 3.8) is 0 Å². The van der Waals surface area contributed by atoms with Crippen LogP contribution >= 0.6 is 0 Å². The number of hydrogen-bond acceptors (Lipinski definition) is 2. The van der Waals surface area contributed by atoms with E-state index in [-0.39, 0.29) is 0 Å². The molecule has 0 heterocycles. The van der Waals surface area contributed by atoms with Crippen LogP contribution in [0.1, 0.15) is 16.7 Å². The van der Waals surface area contributed by atoms with Crippen LogP contribution in [0.25, 0.3) is 12.2 Å². The molecule has 0 bridgehead atoms. The molecule has 21 heavy (non-hydrogen) atoms. The summed E-state index contributed by atoms with van der Waals surface area (Å²) in [7, 11) is 0. The average Bonchev–Trinajstić information content (AvgIpc) is 2.51. The molecule has 0 saturated carbocycles. The van der Waals surface area contributed by atoms with Crippen molar-refractivity contribution >= 4 is 24.5 Å². The third kappa shape index (κ3) is 5.32. The van der Waals surface area contributed by atoms with Gasteiger partial charge in [0.2, 0.25) is 0 Å². The minimum absolute atomic E-state index is 0.586. The minimum atomic E-state index is -1.16. The predicted octanol–water partition coefficient (Wildman–Crippen LogP) is 3.65. The zero-order valence-corrected chi connectivity index (χ0v) is 11.4. The van der Waals surface area contributed by atoms with Crippen LogP contribution in [-0.2, 0) is 6.42 Å². The summed E-state index contributed by atoms with van der Waals surface area (Å²) in [5.41, 5.74) is 5.29. The molecule has 1 amide bonds. The van der Waals surface area contributed by atoms with Gasteiger partial charge in [-0.1, -0.05) is 66.7 Å². The summed E-state index contributed by atoms with van der Waals surface area (Å²) in [5, 5.41) is 11.9. The molecule has 0 radical (unpaired) electrons. The molecule has 0 unspecified atom stereocenters. The maximum Gasteiger partial charge on any atom is 0.425 e. The van der Waals surface area contributed by atoms with Gasteiger partial charge in [-0.2, -0.15) is 5.10 Å². The molecular formula is C17H16N2O2. The van der Waals surface area contributed by atoms with Crippen LogP contribution in [0.15, 0.2) is 59.7 Å². The number of rotatable bonds is 5. The number of carboxylic acid groups (broad SMARTS) is 1. The fourth-order valence-electron chi connectivity index (χ4n) is 1.77. The van der Waals surface area contributed by atoms with Gasteiger partial charge in [-0.15, -0.1) is 0 Å². The summed E-state index contributed by atoms with van der Waals surface area (Å²) in [4.78, 5) is 10.2. The Labute approximate surface area is 123 Å². The van der Waals surface area contributed by atoms with Crippen molar-refractivity contribution in [2.75, 3.05) is 0 Å². The molecule has 2 aromatic rings. The number of hydrogen-bond donors (Lipinski definition) is 2. The third-order valence-corrected chi connectivity index (χ3v) is 2.83. The molecule has 2 aromatic carbocycles. The van der Waals surface area contributed by atoms with Gasteiger partial charge >= 0.3 is 6.09 Å². The van der Waals surface area contributed by atoms with Gasteiger partial charge in [-0.3, -0.25) is 0 Å². The van der Waals surface area contributed by atoms with E-state index in [1.807, 2.05) is 47.9 Å². The Morgan fingerprint density at radius 2 is 1.62 bits per heavy atom. The number of nitrogens with one attached hydrogen (secondary N) is 1. The second kappa shape index (κ2) is 7.65. The normalized spacial score (nSPS) is 11.0. The molecule has 0 spiro atoms. The Balaban J connectivity index is 1.91. The number of carbonyl (C=O) groups is 1. The van der Waals surface area contributed by atoms with E-state index in [4.69, 9.17) is 5.11 Å². The third-order valence-electron chi connectivity index (χ3n) is 2.83. The number of benzene rings is 2. The lowest BCUT2D eigenvalue weighted by atomic mass is 10.1. The van der Waals surface area contributed by atoms with E-state index in [0.29, 0.717) is 6.42 Å². The van der Waals surface area contributed by atoms with Gasteiger partial charge in [0.1, 0.15) is 0 Å². The summed E-state index contributed by atoms with van der Waals surface area (Å²) in [6.07, 6.45) is 5.07. The first-order chi connectivity index (χ1) is 10.2. The first-order valence-corrected chi connectivity index (χ1v) is 6.56. The van der Waals surface area contributed by atoms with Crippen LogP contribution in [-0.4, -0.2) is 17.4 Å². The van der Waals surface area contributed by atoms with Gasteiger partial charge in [-0.05, 0) is 16.7 Å². The zero-order chi connectivity index (χ0) is 14.9. The Hall–Kier alpha value is -2.88. The fraction of sp³-hybridized carbons (Fsp3) is 0.0588. The van der Waals surface area contributed by atoms with Crippen molar-refractivity contribution in [3.8, 4) is 0 Å². The highest BCUT2D eigenvalue weighted by Crippen LogP contribution is 2.09. The van der Waals surface area contributed by atoms with Crippen LogP contribution in [0.4, 0.5) is 4.79 Å². The topological polar surface area (TPSA) is 61.7 Å². The summed E-state index contributed by atoms with van der Waals surface area (Å²) < 4.78 is 0. The first-order valence-electron chi connectivity index (χ1n) is 6.56. The lowest BCUT2D eigenvalue weighted by molar-refractivity contribution is 0.195. The molecule has 0 aliphatic carbocycles. The van der Waals surface area contributed by atoms with Crippen molar-refractivity contribution < 1.29 is 9.90 Å². The predicted molar refractivity (Wildman–Crippen MR) is 85.2 cm³/mol. The monoisotopic (exact) mass is 280 g/mol. The van der Waals surface area contributed by atoms with Gasteiger partial charge in [-0.25, -0.2) is 10.2 Å². The maximum atomic E-state index is 10.2. The van der Waals surface area contributed by atoms with Crippen molar-refractivity contribution in [1.29, 1.82) is 0 Å². The highest BCUT2D eigenvalue weighted by Gasteiger charge is 1.92. The summed E-state index contributed by atoms with van der Waals surface area (Å²) >= 11 is 0. The Morgan fingerprint density at radius 1 is 1.00 bits per heavy atom. The molecule has 0 aromatic heterocycles. The highest BCUT2D eigenvalue weighted by molar-refractivity contribution is 5.70. The molecule has 0 aliphatic rings. The zero-order valence-electron chi connectivity index (χ0n) is 11.4. The van der Waals surface area contributed by atoms with Crippen LogP contribution in [0.2, 0.25) is 0 Å². The first kappa shape index (κ1) is 14.5. The molecule has 0 fully saturated rings. The molecule has 2 N–H and O–H groups in total. The Bertz CT molecular complexity index is 632. The molecule has 0 saturated heterocycles.